The van der Waals surface area contributed by atoms with Crippen molar-refractivity contribution in [1.29, 1.82) is 0 Å². The molecule has 51 heavy (non-hydrogen) atoms. The van der Waals surface area contributed by atoms with Gasteiger partial charge in [-0.15, -0.1) is 0 Å². The highest BCUT2D eigenvalue weighted by molar-refractivity contribution is 7.85. The number of hydrogen-bond acceptors (Lipinski definition) is 11. The fourth-order valence-electron chi connectivity index (χ4n) is 5.96. The number of unbranched alkanes of at least 4 members (excludes halogenated alkanes) is 18. The van der Waals surface area contributed by atoms with E-state index < -0.39 is 71.2 Å². The fourth-order valence-corrected chi connectivity index (χ4v) is 6.65. The highest BCUT2D eigenvalue weighted by Gasteiger charge is 2.46. The van der Waals surface area contributed by atoms with Crippen LogP contribution in [0.4, 0.5) is 0 Å². The highest BCUT2D eigenvalue weighted by Crippen LogP contribution is 2.24. The maximum Gasteiger partial charge on any atom is 0.306 e. The molecular formula is C38H70O12S. The summed E-state index contributed by atoms with van der Waals surface area (Å²) in [5.41, 5.74) is 0. The summed E-state index contributed by atoms with van der Waals surface area (Å²) in [7, 11) is -4.59. The third-order valence-corrected chi connectivity index (χ3v) is 9.85. The molecule has 12 nitrogen and oxygen atoms in total. The molecule has 0 aromatic heterocycles. The second-order valence-electron chi connectivity index (χ2n) is 14.0. The number of carbonyl (C=O) groups is 2. The Balaban J connectivity index is 2.52. The van der Waals surface area contributed by atoms with Gasteiger partial charge in [-0.2, -0.15) is 8.42 Å². The van der Waals surface area contributed by atoms with E-state index in [1.807, 2.05) is 0 Å². The predicted octanol–water partition coefficient (Wildman–Crippen LogP) is 6.72. The van der Waals surface area contributed by atoms with E-state index >= 15 is 0 Å². The Bertz CT molecular complexity index is 1020. The number of carbonyl (C=O) groups excluding carboxylic acids is 2. The van der Waals surface area contributed by atoms with E-state index in [1.165, 1.54) is 64.2 Å². The van der Waals surface area contributed by atoms with Gasteiger partial charge in [0.25, 0.3) is 10.1 Å². The van der Waals surface area contributed by atoms with E-state index in [4.69, 9.17) is 18.9 Å². The zero-order valence-electron chi connectivity index (χ0n) is 31.5. The average Bonchev–Trinajstić information content (AvgIpc) is 3.09. The maximum absolute atomic E-state index is 12.7. The van der Waals surface area contributed by atoms with Crippen molar-refractivity contribution in [2.75, 3.05) is 19.0 Å². The van der Waals surface area contributed by atoms with Crippen LogP contribution in [-0.4, -0.2) is 96.0 Å². The van der Waals surface area contributed by atoms with Crippen LogP contribution in [0.2, 0.25) is 0 Å². The van der Waals surface area contributed by atoms with Gasteiger partial charge in [-0.25, -0.2) is 0 Å². The topological polar surface area (TPSA) is 186 Å². The normalized spacial score (nSPS) is 21.6. The molecule has 0 radical (unpaired) electrons. The number of hydrogen-bond donors (Lipinski definition) is 4. The van der Waals surface area contributed by atoms with Gasteiger partial charge in [-0.1, -0.05) is 122 Å². The van der Waals surface area contributed by atoms with Crippen LogP contribution in [0, 0.1) is 0 Å². The molecule has 1 saturated heterocycles. The molecule has 1 fully saturated rings. The van der Waals surface area contributed by atoms with Crippen LogP contribution in [0.3, 0.4) is 0 Å². The average molecular weight is 751 g/mol. The van der Waals surface area contributed by atoms with Crippen molar-refractivity contribution in [2.24, 2.45) is 0 Å². The van der Waals surface area contributed by atoms with Crippen LogP contribution in [0.1, 0.15) is 162 Å². The lowest BCUT2D eigenvalue weighted by atomic mass is 10.00. The van der Waals surface area contributed by atoms with Crippen molar-refractivity contribution < 1.29 is 56.8 Å². The van der Waals surface area contributed by atoms with Gasteiger partial charge in [-0.3, -0.25) is 14.1 Å². The molecule has 0 aliphatic carbocycles. The van der Waals surface area contributed by atoms with Crippen molar-refractivity contribution >= 4 is 22.1 Å². The standard InChI is InChI=1S/C38H70O12S/c1-3-5-7-9-11-13-15-16-17-19-20-22-24-26-33(39)47-28-31(49-34(40)27-25-23-21-18-14-12-10-8-6-4-2)29-48-38-37(43)36(42)35(41)32(50-38)30-51(44,45)46/h13,15,31-32,35-38,41-43H,3-12,14,16-30H2,1-2H3,(H,44,45,46)/b15-13+/t31-,32-,35-,36?,37?,38+/m1/s1. The van der Waals surface area contributed by atoms with Crippen molar-refractivity contribution in [3.05, 3.63) is 12.2 Å². The molecule has 1 aliphatic heterocycles. The molecule has 1 rings (SSSR count). The number of ether oxygens (including phenoxy) is 4. The van der Waals surface area contributed by atoms with Gasteiger partial charge in [0.1, 0.15) is 36.8 Å². The third-order valence-electron chi connectivity index (χ3n) is 9.10. The predicted molar refractivity (Wildman–Crippen MR) is 197 cm³/mol. The van der Waals surface area contributed by atoms with Crippen LogP contribution in [0.5, 0.6) is 0 Å². The molecular weight excluding hydrogens is 680 g/mol. The number of aliphatic hydroxyl groups excluding tert-OH is 3. The minimum atomic E-state index is -4.59. The highest BCUT2D eigenvalue weighted by atomic mass is 32.2. The van der Waals surface area contributed by atoms with Crippen molar-refractivity contribution in [3.63, 3.8) is 0 Å². The Morgan fingerprint density at radius 1 is 0.647 bits per heavy atom. The van der Waals surface area contributed by atoms with E-state index in [2.05, 4.69) is 26.0 Å². The van der Waals surface area contributed by atoms with E-state index in [-0.39, 0.29) is 19.4 Å². The zero-order valence-corrected chi connectivity index (χ0v) is 32.3. The van der Waals surface area contributed by atoms with E-state index in [9.17, 15) is 37.9 Å². The molecule has 6 atom stereocenters. The summed E-state index contributed by atoms with van der Waals surface area (Å²) < 4.78 is 53.8. The van der Waals surface area contributed by atoms with Gasteiger partial charge in [0.15, 0.2) is 12.4 Å². The van der Waals surface area contributed by atoms with Gasteiger partial charge >= 0.3 is 11.9 Å². The van der Waals surface area contributed by atoms with E-state index in [0.29, 0.717) is 12.8 Å². The molecule has 0 saturated carbocycles. The second-order valence-corrected chi connectivity index (χ2v) is 15.4. The van der Waals surface area contributed by atoms with Crippen LogP contribution in [-0.2, 0) is 38.7 Å². The minimum absolute atomic E-state index is 0.166. The van der Waals surface area contributed by atoms with Crippen LogP contribution < -0.4 is 0 Å². The second kappa shape index (κ2) is 29.8. The molecule has 13 heteroatoms. The number of allylic oxidation sites excluding steroid dienone is 2. The van der Waals surface area contributed by atoms with Gasteiger partial charge < -0.3 is 34.3 Å². The summed E-state index contributed by atoms with van der Waals surface area (Å²) in [5.74, 6) is -1.99. The number of rotatable bonds is 32. The first kappa shape index (κ1) is 47.4. The first-order chi connectivity index (χ1) is 24.5. The summed E-state index contributed by atoms with van der Waals surface area (Å²) in [6, 6.07) is 0. The Morgan fingerprint density at radius 2 is 1.12 bits per heavy atom. The number of esters is 2. The quantitative estimate of drug-likeness (QED) is 0.0247. The summed E-state index contributed by atoms with van der Waals surface area (Å²) in [6.45, 7) is 3.69. The lowest BCUT2D eigenvalue weighted by molar-refractivity contribution is -0.297. The molecule has 0 bridgehead atoms. The van der Waals surface area contributed by atoms with Gasteiger partial charge in [0.05, 0.1) is 6.61 Å². The maximum atomic E-state index is 12.7. The summed E-state index contributed by atoms with van der Waals surface area (Å²) >= 11 is 0. The van der Waals surface area contributed by atoms with Crippen molar-refractivity contribution in [3.8, 4) is 0 Å². The molecule has 300 valence electrons. The smallest absolute Gasteiger partial charge is 0.306 e. The largest absolute Gasteiger partial charge is 0.462 e. The van der Waals surface area contributed by atoms with Crippen molar-refractivity contribution in [1.82, 2.24) is 0 Å². The molecule has 0 spiro atoms. The van der Waals surface area contributed by atoms with Crippen LogP contribution in [0.25, 0.3) is 0 Å². The monoisotopic (exact) mass is 750 g/mol. The lowest BCUT2D eigenvalue weighted by Gasteiger charge is -2.40. The number of aliphatic hydroxyl groups is 3. The Hall–Kier alpha value is -1.61. The zero-order chi connectivity index (χ0) is 37.7. The molecule has 0 aromatic rings. The third kappa shape index (κ3) is 25.1. The molecule has 0 aromatic carbocycles. The van der Waals surface area contributed by atoms with Crippen molar-refractivity contribution in [2.45, 2.75) is 198 Å². The molecule has 1 heterocycles. The molecule has 0 amide bonds. The van der Waals surface area contributed by atoms with Gasteiger partial charge in [-0.05, 0) is 38.5 Å². The fraction of sp³-hybridized carbons (Fsp3) is 0.895. The molecule has 4 N–H and O–H groups in total. The first-order valence-corrected chi connectivity index (χ1v) is 21.4. The summed E-state index contributed by atoms with van der Waals surface area (Å²) in [5, 5.41) is 30.7. The van der Waals surface area contributed by atoms with E-state index in [1.54, 1.807) is 0 Å². The van der Waals surface area contributed by atoms with Gasteiger partial charge in [0.2, 0.25) is 0 Å². The van der Waals surface area contributed by atoms with Crippen LogP contribution in [0.15, 0.2) is 12.2 Å². The van der Waals surface area contributed by atoms with Gasteiger partial charge in [0, 0.05) is 12.8 Å². The van der Waals surface area contributed by atoms with Crippen LogP contribution >= 0.6 is 0 Å². The van der Waals surface area contributed by atoms with E-state index in [0.717, 1.165) is 57.8 Å². The SMILES string of the molecule is CCCCCC/C=C/CCCCCCCC(=O)OC[C@H](CO[C@H]1O[C@H](CS(=O)(=O)O)[C@@H](O)C(O)C1O)OC(=O)CCCCCCCCCCCC. The first-order valence-electron chi connectivity index (χ1n) is 19.7. The Labute approximate surface area is 307 Å². The summed E-state index contributed by atoms with van der Waals surface area (Å²) in [6.07, 6.45) is 18.5. The summed E-state index contributed by atoms with van der Waals surface area (Å²) in [4.78, 5) is 25.2. The lowest BCUT2D eigenvalue weighted by Crippen LogP contribution is -2.60. The Kier molecular flexibility index (Phi) is 27.7. The minimum Gasteiger partial charge on any atom is -0.462 e. The Morgan fingerprint density at radius 3 is 1.65 bits per heavy atom. The molecule has 1 aliphatic rings. The molecule has 2 unspecified atom stereocenters.